The molecular formula is C21H28N2O3. The minimum absolute atomic E-state index is 0.0277. The van der Waals surface area contributed by atoms with Crippen LogP contribution in [0.15, 0.2) is 30.3 Å². The molecule has 1 saturated carbocycles. The van der Waals surface area contributed by atoms with Gasteiger partial charge >= 0.3 is 0 Å². The first kappa shape index (κ1) is 18.5. The van der Waals surface area contributed by atoms with E-state index >= 15 is 0 Å². The van der Waals surface area contributed by atoms with Gasteiger partial charge in [-0.2, -0.15) is 0 Å². The number of aromatic nitrogens is 1. The van der Waals surface area contributed by atoms with E-state index in [1.165, 1.54) is 12.8 Å². The van der Waals surface area contributed by atoms with Crippen molar-refractivity contribution in [2.24, 2.45) is 5.92 Å². The Bertz CT molecular complexity index is 745. The van der Waals surface area contributed by atoms with Crippen molar-refractivity contribution in [1.82, 2.24) is 9.88 Å². The highest BCUT2D eigenvalue weighted by molar-refractivity contribution is 5.95. The molecule has 1 fully saturated rings. The van der Waals surface area contributed by atoms with Gasteiger partial charge in [-0.1, -0.05) is 0 Å². The van der Waals surface area contributed by atoms with Gasteiger partial charge in [-0.3, -0.25) is 4.79 Å². The van der Waals surface area contributed by atoms with E-state index in [0.29, 0.717) is 13.2 Å². The zero-order chi connectivity index (χ0) is 18.5. The molecule has 1 N–H and O–H groups in total. The lowest BCUT2D eigenvalue weighted by Crippen LogP contribution is -2.25. The van der Waals surface area contributed by atoms with Crippen LogP contribution < -0.4 is 10.1 Å². The second kappa shape index (κ2) is 8.41. The molecule has 3 rings (SSSR count). The average Bonchev–Trinajstić information content (AvgIpc) is 3.42. The molecule has 1 aromatic heterocycles. The number of rotatable bonds is 9. The number of aryl methyl sites for hydroxylation is 1. The summed E-state index contributed by atoms with van der Waals surface area (Å²) in [4.78, 5) is 12.5. The van der Waals surface area contributed by atoms with Crippen molar-refractivity contribution in [3.05, 3.63) is 47.3 Å². The first-order valence-electron chi connectivity index (χ1n) is 9.29. The number of methoxy groups -OCH3 is 1. The van der Waals surface area contributed by atoms with Crippen molar-refractivity contribution in [3.8, 4) is 11.4 Å². The molecule has 0 unspecified atom stereocenters. The van der Waals surface area contributed by atoms with E-state index in [2.05, 4.69) is 9.88 Å². The van der Waals surface area contributed by atoms with Crippen LogP contribution in [0.4, 0.5) is 0 Å². The Labute approximate surface area is 155 Å². The maximum Gasteiger partial charge on any atom is 0.253 e. The fraction of sp³-hybridized carbons (Fsp3) is 0.476. The first-order chi connectivity index (χ1) is 12.6. The van der Waals surface area contributed by atoms with Crippen molar-refractivity contribution < 1.29 is 14.3 Å². The summed E-state index contributed by atoms with van der Waals surface area (Å²) >= 11 is 0. The normalized spacial score (nSPS) is 13.7. The largest absolute Gasteiger partial charge is 0.497 e. The molecule has 0 spiro atoms. The van der Waals surface area contributed by atoms with Crippen LogP contribution in [0.3, 0.4) is 0 Å². The van der Waals surface area contributed by atoms with Gasteiger partial charge < -0.3 is 19.4 Å². The second-order valence-electron chi connectivity index (χ2n) is 6.95. The van der Waals surface area contributed by atoms with E-state index in [0.717, 1.165) is 47.3 Å². The van der Waals surface area contributed by atoms with Gasteiger partial charge in [0.2, 0.25) is 0 Å². The summed E-state index contributed by atoms with van der Waals surface area (Å²) in [5, 5.41) is 3.00. The molecular weight excluding hydrogens is 328 g/mol. The minimum atomic E-state index is -0.0277. The molecule has 1 amide bonds. The summed E-state index contributed by atoms with van der Waals surface area (Å²) in [7, 11) is 1.65. The molecule has 26 heavy (non-hydrogen) atoms. The van der Waals surface area contributed by atoms with Crippen molar-refractivity contribution in [3.63, 3.8) is 0 Å². The number of hydrogen-bond acceptors (Lipinski definition) is 3. The summed E-state index contributed by atoms with van der Waals surface area (Å²) in [6.07, 6.45) is 3.46. The predicted octanol–water partition coefficient (Wildman–Crippen LogP) is 3.65. The first-order valence-corrected chi connectivity index (χ1v) is 9.29. The van der Waals surface area contributed by atoms with Crippen LogP contribution in [0.25, 0.3) is 5.69 Å². The predicted molar refractivity (Wildman–Crippen MR) is 102 cm³/mol. The van der Waals surface area contributed by atoms with E-state index < -0.39 is 0 Å². The van der Waals surface area contributed by atoms with Gasteiger partial charge in [-0.15, -0.1) is 0 Å². The van der Waals surface area contributed by atoms with E-state index in [9.17, 15) is 4.79 Å². The van der Waals surface area contributed by atoms with Gasteiger partial charge in [0.15, 0.2) is 0 Å². The Balaban J connectivity index is 1.57. The zero-order valence-electron chi connectivity index (χ0n) is 15.9. The molecule has 1 aromatic carbocycles. The van der Waals surface area contributed by atoms with E-state index in [1.807, 2.05) is 44.2 Å². The monoisotopic (exact) mass is 356 g/mol. The van der Waals surface area contributed by atoms with Crippen LogP contribution in [-0.2, 0) is 4.74 Å². The fourth-order valence-electron chi connectivity index (χ4n) is 3.13. The average molecular weight is 356 g/mol. The lowest BCUT2D eigenvalue weighted by Gasteiger charge is -2.11. The Morgan fingerprint density at radius 2 is 1.96 bits per heavy atom. The molecule has 2 aromatic rings. The van der Waals surface area contributed by atoms with Gasteiger partial charge in [0, 0.05) is 36.8 Å². The summed E-state index contributed by atoms with van der Waals surface area (Å²) < 4.78 is 12.9. The Morgan fingerprint density at radius 1 is 1.23 bits per heavy atom. The second-order valence-corrected chi connectivity index (χ2v) is 6.95. The summed E-state index contributed by atoms with van der Waals surface area (Å²) in [5.74, 6) is 1.58. The van der Waals surface area contributed by atoms with Crippen LogP contribution >= 0.6 is 0 Å². The smallest absolute Gasteiger partial charge is 0.253 e. The minimum Gasteiger partial charge on any atom is -0.497 e. The molecule has 5 heteroatoms. The number of nitrogens with one attached hydrogen (secondary N) is 1. The molecule has 1 heterocycles. The van der Waals surface area contributed by atoms with Gasteiger partial charge in [-0.05, 0) is 69.4 Å². The topological polar surface area (TPSA) is 52.5 Å². The molecule has 0 bridgehead atoms. The van der Waals surface area contributed by atoms with Crippen LogP contribution in [0.1, 0.15) is 41.0 Å². The molecule has 5 nitrogen and oxygen atoms in total. The van der Waals surface area contributed by atoms with Crippen molar-refractivity contribution >= 4 is 5.91 Å². The third kappa shape index (κ3) is 4.47. The third-order valence-electron chi connectivity index (χ3n) is 4.81. The zero-order valence-corrected chi connectivity index (χ0v) is 15.9. The van der Waals surface area contributed by atoms with E-state index in [-0.39, 0.29) is 5.91 Å². The lowest BCUT2D eigenvalue weighted by atomic mass is 10.2. The quantitative estimate of drug-likeness (QED) is 0.698. The van der Waals surface area contributed by atoms with Gasteiger partial charge in [0.05, 0.1) is 12.7 Å². The third-order valence-corrected chi connectivity index (χ3v) is 4.81. The number of nitrogens with zero attached hydrogens (tertiary/aromatic N) is 1. The van der Waals surface area contributed by atoms with Crippen molar-refractivity contribution in [2.75, 3.05) is 26.9 Å². The maximum absolute atomic E-state index is 12.5. The Hall–Kier alpha value is -2.27. The van der Waals surface area contributed by atoms with Crippen LogP contribution in [-0.4, -0.2) is 37.3 Å². The highest BCUT2D eigenvalue weighted by Crippen LogP contribution is 2.28. The number of benzene rings is 1. The molecule has 0 saturated heterocycles. The van der Waals surface area contributed by atoms with Crippen molar-refractivity contribution in [2.45, 2.75) is 33.1 Å². The van der Waals surface area contributed by atoms with E-state index in [1.54, 1.807) is 7.11 Å². The molecule has 0 atom stereocenters. The molecule has 1 aliphatic rings. The Kier molecular flexibility index (Phi) is 5.99. The fourth-order valence-corrected chi connectivity index (χ4v) is 3.13. The SMILES string of the molecule is COc1ccc(-n2c(C)cc(C(=O)NCCCOCC3CC3)c2C)cc1. The number of carbonyl (C=O) groups is 1. The molecule has 1 aliphatic carbocycles. The molecule has 0 radical (unpaired) electrons. The van der Waals surface area contributed by atoms with Gasteiger partial charge in [-0.25, -0.2) is 0 Å². The highest BCUT2D eigenvalue weighted by Gasteiger charge is 2.21. The van der Waals surface area contributed by atoms with Crippen LogP contribution in [0.5, 0.6) is 5.75 Å². The van der Waals surface area contributed by atoms with Gasteiger partial charge in [0.25, 0.3) is 5.91 Å². The Morgan fingerprint density at radius 3 is 2.62 bits per heavy atom. The number of hydrogen-bond donors (Lipinski definition) is 1. The molecule has 0 aliphatic heterocycles. The standard InChI is InChI=1S/C21H28N2O3/c1-15-13-20(21(24)22-11-4-12-26-14-17-5-6-17)16(2)23(15)18-7-9-19(25-3)10-8-18/h7-10,13,17H,4-6,11-12,14H2,1-3H3,(H,22,24). The van der Waals surface area contributed by atoms with E-state index in [4.69, 9.17) is 9.47 Å². The maximum atomic E-state index is 12.5. The lowest BCUT2D eigenvalue weighted by molar-refractivity contribution is 0.0937. The number of amides is 1. The van der Waals surface area contributed by atoms with Crippen molar-refractivity contribution in [1.29, 1.82) is 0 Å². The number of ether oxygens (including phenoxy) is 2. The van der Waals surface area contributed by atoms with Gasteiger partial charge in [0.1, 0.15) is 5.75 Å². The van der Waals surface area contributed by atoms with Crippen LogP contribution in [0.2, 0.25) is 0 Å². The number of carbonyl (C=O) groups excluding carboxylic acids is 1. The highest BCUT2D eigenvalue weighted by atomic mass is 16.5. The summed E-state index contributed by atoms with van der Waals surface area (Å²) in [5.41, 5.74) is 3.71. The van der Waals surface area contributed by atoms with Crippen LogP contribution in [0, 0.1) is 19.8 Å². The summed E-state index contributed by atoms with van der Waals surface area (Å²) in [6, 6.07) is 9.79. The summed E-state index contributed by atoms with van der Waals surface area (Å²) in [6.45, 7) is 6.21. The molecule has 140 valence electrons.